The molecule has 0 saturated carbocycles. The molecule has 1 aromatic carbocycles. The van der Waals surface area contributed by atoms with Crippen LogP contribution >= 0.6 is 0 Å². The highest BCUT2D eigenvalue weighted by Gasteiger charge is 2.48. The van der Waals surface area contributed by atoms with Gasteiger partial charge < -0.3 is 19.1 Å². The van der Waals surface area contributed by atoms with Crippen molar-refractivity contribution >= 4 is 28.9 Å². The first-order valence-electron chi connectivity index (χ1n) is 15.2. The summed E-state index contributed by atoms with van der Waals surface area (Å²) < 4.78 is 19.0. The standard InChI is InChI=1S/C32H41N5O5/c1-21(38)41-20-26-29(35-30-25(34-26)19-33-37(30)27-11-7-8-16-40-27)36-14-12-32(13-15-36)18-22-9-5-6-10-23(22)24(32)17-28(39)42-31(2,3)4/h5-6,9-10,19,24,27H,7-8,11-18,20H2,1-4H3/t24-,27?/m1/s1. The first-order valence-corrected chi connectivity index (χ1v) is 15.2. The molecule has 2 aliphatic heterocycles. The van der Waals surface area contributed by atoms with Gasteiger partial charge in [-0.05, 0) is 75.8 Å². The summed E-state index contributed by atoms with van der Waals surface area (Å²) >= 11 is 0. The Hall–Kier alpha value is -3.53. The third-order valence-corrected chi connectivity index (χ3v) is 8.88. The van der Waals surface area contributed by atoms with Gasteiger partial charge in [0.25, 0.3) is 0 Å². The van der Waals surface area contributed by atoms with Gasteiger partial charge in [0.05, 0.1) is 12.6 Å². The summed E-state index contributed by atoms with van der Waals surface area (Å²) in [6.07, 6.45) is 7.68. The van der Waals surface area contributed by atoms with Crippen LogP contribution in [0.15, 0.2) is 30.5 Å². The molecule has 42 heavy (non-hydrogen) atoms. The quantitative estimate of drug-likeness (QED) is 0.364. The van der Waals surface area contributed by atoms with Crippen molar-refractivity contribution in [1.82, 2.24) is 19.7 Å². The molecular weight excluding hydrogens is 534 g/mol. The lowest BCUT2D eigenvalue weighted by molar-refractivity contribution is -0.156. The molecule has 1 spiro atoms. The van der Waals surface area contributed by atoms with Crippen molar-refractivity contribution in [1.29, 1.82) is 0 Å². The number of hydrogen-bond acceptors (Lipinski definition) is 9. The number of benzene rings is 1. The van der Waals surface area contributed by atoms with E-state index in [0.29, 0.717) is 29.9 Å². The molecule has 0 amide bonds. The average molecular weight is 576 g/mol. The monoisotopic (exact) mass is 575 g/mol. The predicted octanol–water partition coefficient (Wildman–Crippen LogP) is 5.25. The predicted molar refractivity (Wildman–Crippen MR) is 157 cm³/mol. The summed E-state index contributed by atoms with van der Waals surface area (Å²) in [6, 6.07) is 8.53. The molecule has 0 radical (unpaired) electrons. The zero-order valence-corrected chi connectivity index (χ0v) is 25.1. The summed E-state index contributed by atoms with van der Waals surface area (Å²) in [6.45, 7) is 9.40. The molecule has 2 saturated heterocycles. The highest BCUT2D eigenvalue weighted by molar-refractivity contribution is 5.74. The number of carbonyl (C=O) groups excluding carboxylic acids is 2. The Bertz CT molecular complexity index is 1460. The van der Waals surface area contributed by atoms with E-state index in [9.17, 15) is 9.59 Å². The second-order valence-electron chi connectivity index (χ2n) is 13.0. The number of aromatic nitrogens is 4. The van der Waals surface area contributed by atoms with E-state index < -0.39 is 5.60 Å². The molecule has 2 atom stereocenters. The molecule has 0 bridgehead atoms. The molecule has 10 heteroatoms. The maximum absolute atomic E-state index is 13.1. The fraction of sp³-hybridized carbons (Fsp3) is 0.594. The summed E-state index contributed by atoms with van der Waals surface area (Å²) in [5.41, 5.74) is 4.00. The maximum Gasteiger partial charge on any atom is 0.306 e. The van der Waals surface area contributed by atoms with Gasteiger partial charge >= 0.3 is 11.9 Å². The number of rotatable bonds is 6. The van der Waals surface area contributed by atoms with Crippen LogP contribution in [0.5, 0.6) is 0 Å². The molecule has 0 N–H and O–H groups in total. The molecule has 1 unspecified atom stereocenters. The number of nitrogens with zero attached hydrogens (tertiary/aromatic N) is 5. The fourth-order valence-corrected chi connectivity index (χ4v) is 6.97. The number of piperidine rings is 1. The van der Waals surface area contributed by atoms with Gasteiger partial charge in [0.1, 0.15) is 23.4 Å². The van der Waals surface area contributed by atoms with Gasteiger partial charge in [-0.25, -0.2) is 14.6 Å². The maximum atomic E-state index is 13.1. The molecule has 3 aliphatic rings. The van der Waals surface area contributed by atoms with Gasteiger partial charge in [0.15, 0.2) is 17.7 Å². The summed E-state index contributed by atoms with van der Waals surface area (Å²) in [4.78, 5) is 37.0. The lowest BCUT2D eigenvalue weighted by Gasteiger charge is -2.44. The number of fused-ring (bicyclic) bond motifs is 2. The lowest BCUT2D eigenvalue weighted by atomic mass is 9.68. The van der Waals surface area contributed by atoms with Crippen LogP contribution in [-0.2, 0) is 36.8 Å². The lowest BCUT2D eigenvalue weighted by Crippen LogP contribution is -2.43. The second kappa shape index (κ2) is 11.3. The van der Waals surface area contributed by atoms with Crippen molar-refractivity contribution in [2.75, 3.05) is 24.6 Å². The zero-order chi connectivity index (χ0) is 29.5. The van der Waals surface area contributed by atoms with Crippen molar-refractivity contribution in [3.63, 3.8) is 0 Å². The summed E-state index contributed by atoms with van der Waals surface area (Å²) in [5, 5.41) is 4.58. The van der Waals surface area contributed by atoms with Crippen molar-refractivity contribution < 1.29 is 23.8 Å². The average Bonchev–Trinajstić information content (AvgIpc) is 3.50. The van der Waals surface area contributed by atoms with Gasteiger partial charge in [0.2, 0.25) is 0 Å². The summed E-state index contributed by atoms with van der Waals surface area (Å²) in [7, 11) is 0. The third kappa shape index (κ3) is 5.73. The Morgan fingerprint density at radius 1 is 1.12 bits per heavy atom. The Kier molecular flexibility index (Phi) is 7.68. The topological polar surface area (TPSA) is 109 Å². The minimum Gasteiger partial charge on any atom is -0.460 e. The van der Waals surface area contributed by atoms with Gasteiger partial charge in [-0.15, -0.1) is 0 Å². The number of hydrogen-bond donors (Lipinski definition) is 0. The van der Waals surface area contributed by atoms with E-state index in [0.717, 1.165) is 57.4 Å². The number of anilines is 1. The minimum absolute atomic E-state index is 0.0393. The van der Waals surface area contributed by atoms with Crippen LogP contribution in [0, 0.1) is 5.41 Å². The molecule has 2 fully saturated rings. The first kappa shape index (κ1) is 28.6. The van der Waals surface area contributed by atoms with Crippen LogP contribution in [0.2, 0.25) is 0 Å². The van der Waals surface area contributed by atoms with E-state index in [-0.39, 0.29) is 36.1 Å². The fourth-order valence-electron chi connectivity index (χ4n) is 6.97. The van der Waals surface area contributed by atoms with Crippen LogP contribution in [0.1, 0.15) is 95.2 Å². The number of esters is 2. The highest BCUT2D eigenvalue weighted by atomic mass is 16.6. The van der Waals surface area contributed by atoms with Crippen LogP contribution in [-0.4, -0.2) is 57.0 Å². The summed E-state index contributed by atoms with van der Waals surface area (Å²) in [5.74, 6) is 0.310. The molecule has 6 rings (SSSR count). The van der Waals surface area contributed by atoms with Crippen molar-refractivity contribution in [2.24, 2.45) is 5.41 Å². The minimum atomic E-state index is -0.517. The molecule has 2 aromatic heterocycles. The van der Waals surface area contributed by atoms with Crippen molar-refractivity contribution in [3.8, 4) is 0 Å². The SMILES string of the molecule is CC(=O)OCc1nc2cnn(C3CCCCO3)c2nc1N1CCC2(CC1)Cc1ccccc1[C@H]2CC(=O)OC(C)(C)C. The molecular formula is C32H41N5O5. The van der Waals surface area contributed by atoms with Gasteiger partial charge in [0, 0.05) is 32.5 Å². The largest absolute Gasteiger partial charge is 0.460 e. The van der Waals surface area contributed by atoms with E-state index in [2.05, 4.69) is 34.3 Å². The Labute approximate surface area is 246 Å². The first-order chi connectivity index (χ1) is 20.1. The van der Waals surface area contributed by atoms with Crippen LogP contribution in [0.4, 0.5) is 5.82 Å². The van der Waals surface area contributed by atoms with Gasteiger partial charge in [-0.2, -0.15) is 5.10 Å². The molecule has 224 valence electrons. The Morgan fingerprint density at radius 2 is 1.90 bits per heavy atom. The Morgan fingerprint density at radius 3 is 2.62 bits per heavy atom. The van der Waals surface area contributed by atoms with Crippen LogP contribution < -0.4 is 4.90 Å². The molecule has 1 aliphatic carbocycles. The van der Waals surface area contributed by atoms with E-state index in [4.69, 9.17) is 24.2 Å². The number of carbonyl (C=O) groups is 2. The van der Waals surface area contributed by atoms with Crippen LogP contribution in [0.3, 0.4) is 0 Å². The molecule has 4 heterocycles. The van der Waals surface area contributed by atoms with Crippen LogP contribution in [0.25, 0.3) is 11.2 Å². The number of ether oxygens (including phenoxy) is 3. The van der Waals surface area contributed by atoms with E-state index >= 15 is 0 Å². The van der Waals surface area contributed by atoms with Crippen molar-refractivity contribution in [2.45, 2.75) is 97.0 Å². The molecule has 3 aromatic rings. The van der Waals surface area contributed by atoms with Crippen molar-refractivity contribution in [3.05, 3.63) is 47.3 Å². The highest BCUT2D eigenvalue weighted by Crippen LogP contribution is 2.55. The smallest absolute Gasteiger partial charge is 0.306 e. The Balaban J connectivity index is 1.28. The van der Waals surface area contributed by atoms with Gasteiger partial charge in [-0.3, -0.25) is 9.59 Å². The normalized spacial score (nSPS) is 21.9. The zero-order valence-electron chi connectivity index (χ0n) is 25.1. The van der Waals surface area contributed by atoms with E-state index in [1.165, 1.54) is 18.1 Å². The van der Waals surface area contributed by atoms with Gasteiger partial charge in [-0.1, -0.05) is 24.3 Å². The molecule has 10 nitrogen and oxygen atoms in total. The second-order valence-corrected chi connectivity index (χ2v) is 13.0. The van der Waals surface area contributed by atoms with E-state index in [1.807, 2.05) is 25.5 Å². The third-order valence-electron chi connectivity index (χ3n) is 8.88. The van der Waals surface area contributed by atoms with E-state index in [1.54, 1.807) is 6.20 Å².